The van der Waals surface area contributed by atoms with Gasteiger partial charge in [-0.05, 0) is 45.9 Å². The van der Waals surface area contributed by atoms with Crippen LogP contribution in [0.3, 0.4) is 0 Å². The van der Waals surface area contributed by atoms with Crippen LogP contribution in [0.4, 0.5) is 4.39 Å². The van der Waals surface area contributed by atoms with Crippen LogP contribution in [0, 0.1) is 5.82 Å². The molecule has 0 N–H and O–H groups in total. The number of allylic oxidation sites excluding steroid dienone is 1. The van der Waals surface area contributed by atoms with Crippen LogP contribution in [0.25, 0.3) is 12.0 Å². The van der Waals surface area contributed by atoms with E-state index in [2.05, 4.69) is 5.16 Å². The molecule has 0 unspecified atom stereocenters. The Morgan fingerprint density at radius 2 is 1.97 bits per heavy atom. The summed E-state index contributed by atoms with van der Waals surface area (Å²) in [4.78, 5) is 32.5. The number of hydrogen-bond acceptors (Lipinski definition) is 8. The molecule has 10 nitrogen and oxygen atoms in total. The summed E-state index contributed by atoms with van der Waals surface area (Å²) in [5.41, 5.74) is -0.432. The quantitative estimate of drug-likeness (QED) is 0.185. The SMILES string of the molecule is C/C=C/CN(C)n1c(=O)c(/C(C)=N/OC(C)C)cn(/C=C(\OC2CCOCC2)c2cc(F)ccc2OC)c1=O. The Hall–Kier alpha value is -3.86. The van der Waals surface area contributed by atoms with Crippen molar-refractivity contribution in [3.05, 3.63) is 74.3 Å². The van der Waals surface area contributed by atoms with Gasteiger partial charge in [-0.3, -0.25) is 9.36 Å². The van der Waals surface area contributed by atoms with Gasteiger partial charge >= 0.3 is 5.69 Å². The molecule has 0 atom stereocenters. The highest BCUT2D eigenvalue weighted by molar-refractivity contribution is 5.97. The number of hydrogen-bond donors (Lipinski definition) is 0. The molecular formula is C28H37FN4O6. The highest BCUT2D eigenvalue weighted by Gasteiger charge is 2.22. The maximum atomic E-state index is 14.4. The van der Waals surface area contributed by atoms with Crippen LogP contribution in [0.1, 0.15) is 51.7 Å². The highest BCUT2D eigenvalue weighted by Crippen LogP contribution is 2.30. The molecular weight excluding hydrogens is 507 g/mol. The van der Waals surface area contributed by atoms with E-state index in [0.717, 1.165) is 4.68 Å². The van der Waals surface area contributed by atoms with Crippen molar-refractivity contribution < 1.29 is 23.4 Å². The molecule has 1 fully saturated rings. The number of aromatic nitrogens is 2. The van der Waals surface area contributed by atoms with E-state index in [9.17, 15) is 14.0 Å². The number of methoxy groups -OCH3 is 1. The normalized spacial score (nSPS) is 15.2. The average Bonchev–Trinajstić information content (AvgIpc) is 2.92. The molecule has 1 aliphatic rings. The fourth-order valence-electron chi connectivity index (χ4n) is 3.91. The number of nitrogens with zero attached hydrogens (tertiary/aromatic N) is 4. The lowest BCUT2D eigenvalue weighted by Crippen LogP contribution is -2.51. The second-order valence-electron chi connectivity index (χ2n) is 9.36. The van der Waals surface area contributed by atoms with E-state index >= 15 is 0 Å². The molecule has 1 aromatic heterocycles. The summed E-state index contributed by atoms with van der Waals surface area (Å²) in [6.45, 7) is 8.46. The fraction of sp³-hybridized carbons (Fsp3) is 0.464. The summed E-state index contributed by atoms with van der Waals surface area (Å²) in [6, 6.07) is 4.06. The molecule has 1 aromatic carbocycles. The van der Waals surface area contributed by atoms with Crippen LogP contribution < -0.4 is 21.0 Å². The van der Waals surface area contributed by atoms with Gasteiger partial charge in [0, 0.05) is 26.1 Å². The summed E-state index contributed by atoms with van der Waals surface area (Å²) in [5, 5.41) is 5.57. The molecule has 1 aliphatic heterocycles. The van der Waals surface area contributed by atoms with Gasteiger partial charge in [-0.15, -0.1) is 0 Å². The molecule has 0 aliphatic carbocycles. The first-order valence-electron chi connectivity index (χ1n) is 12.9. The van der Waals surface area contributed by atoms with Crippen LogP contribution >= 0.6 is 0 Å². The number of benzene rings is 1. The minimum absolute atomic E-state index is 0.149. The van der Waals surface area contributed by atoms with Crippen molar-refractivity contribution in [2.75, 3.05) is 38.9 Å². The van der Waals surface area contributed by atoms with Crippen LogP contribution in [0.5, 0.6) is 5.75 Å². The molecule has 212 valence electrons. The van der Waals surface area contributed by atoms with Gasteiger partial charge in [0.25, 0.3) is 5.56 Å². The maximum absolute atomic E-state index is 14.4. The van der Waals surface area contributed by atoms with Crippen molar-refractivity contribution in [2.24, 2.45) is 5.16 Å². The largest absolute Gasteiger partial charge is 0.496 e. The molecule has 0 amide bonds. The van der Waals surface area contributed by atoms with Crippen molar-refractivity contribution in [1.29, 1.82) is 0 Å². The summed E-state index contributed by atoms with van der Waals surface area (Å²) in [5.74, 6) is 0.0791. The van der Waals surface area contributed by atoms with Crippen molar-refractivity contribution in [2.45, 2.75) is 52.7 Å². The van der Waals surface area contributed by atoms with Gasteiger partial charge in [-0.1, -0.05) is 17.3 Å². The van der Waals surface area contributed by atoms with E-state index in [4.69, 9.17) is 19.0 Å². The van der Waals surface area contributed by atoms with Gasteiger partial charge in [0.05, 0.1) is 49.9 Å². The minimum Gasteiger partial charge on any atom is -0.496 e. The Kier molecular flexibility index (Phi) is 10.5. The Morgan fingerprint density at radius 1 is 1.26 bits per heavy atom. The first-order chi connectivity index (χ1) is 18.7. The van der Waals surface area contributed by atoms with Gasteiger partial charge in [-0.2, -0.15) is 4.68 Å². The molecule has 11 heteroatoms. The number of likely N-dealkylation sites (N-methyl/N-ethyl adjacent to an activating group) is 1. The predicted molar refractivity (Wildman–Crippen MR) is 149 cm³/mol. The standard InChI is InChI=1S/C28H37FN4O6/c1-7-8-13-31(5)33-27(34)24(20(4)30-39-19(2)3)17-32(28(33)35)18-26(38-22-11-14-37-15-12-22)23-16-21(29)9-10-25(23)36-6/h7-10,16-19,22H,11-15H2,1-6H3/b8-7+,26-18-,30-20+. The fourth-order valence-corrected chi connectivity index (χ4v) is 3.91. The van der Waals surface area contributed by atoms with Crippen LogP contribution in [0.15, 0.2) is 51.3 Å². The van der Waals surface area contributed by atoms with E-state index in [-0.39, 0.29) is 23.5 Å². The van der Waals surface area contributed by atoms with Crippen LogP contribution in [-0.2, 0) is 14.3 Å². The van der Waals surface area contributed by atoms with Crippen molar-refractivity contribution >= 4 is 17.7 Å². The van der Waals surface area contributed by atoms with Gasteiger partial charge in [0.15, 0.2) is 0 Å². The predicted octanol–water partition coefficient (Wildman–Crippen LogP) is 3.60. The zero-order valence-corrected chi connectivity index (χ0v) is 23.3. The first-order valence-corrected chi connectivity index (χ1v) is 12.9. The van der Waals surface area contributed by atoms with Gasteiger partial charge < -0.3 is 24.1 Å². The van der Waals surface area contributed by atoms with E-state index < -0.39 is 17.1 Å². The second-order valence-corrected chi connectivity index (χ2v) is 9.36. The van der Waals surface area contributed by atoms with E-state index in [1.54, 1.807) is 14.0 Å². The van der Waals surface area contributed by atoms with Gasteiger partial charge in [0.2, 0.25) is 0 Å². The summed E-state index contributed by atoms with van der Waals surface area (Å²) in [6.07, 6.45) is 7.28. The average molecular weight is 545 g/mol. The van der Waals surface area contributed by atoms with Crippen molar-refractivity contribution in [3.8, 4) is 5.75 Å². The molecule has 1 saturated heterocycles. The highest BCUT2D eigenvalue weighted by atomic mass is 19.1. The smallest absolute Gasteiger partial charge is 0.354 e. The van der Waals surface area contributed by atoms with Gasteiger partial charge in [-0.25, -0.2) is 9.18 Å². The molecule has 3 rings (SSSR count). The third-order valence-corrected chi connectivity index (χ3v) is 5.98. The zero-order valence-electron chi connectivity index (χ0n) is 23.3. The molecule has 0 radical (unpaired) electrons. The Morgan fingerprint density at radius 3 is 2.62 bits per heavy atom. The monoisotopic (exact) mass is 544 g/mol. The summed E-state index contributed by atoms with van der Waals surface area (Å²) in [7, 11) is 3.10. The lowest BCUT2D eigenvalue weighted by molar-refractivity contribution is 0.0139. The summed E-state index contributed by atoms with van der Waals surface area (Å²) < 4.78 is 33.9. The van der Waals surface area contributed by atoms with E-state index in [0.29, 0.717) is 49.6 Å². The lowest BCUT2D eigenvalue weighted by atomic mass is 10.1. The second kappa shape index (κ2) is 13.8. The van der Waals surface area contributed by atoms with Crippen molar-refractivity contribution in [1.82, 2.24) is 9.24 Å². The lowest BCUT2D eigenvalue weighted by Gasteiger charge is -2.26. The zero-order chi connectivity index (χ0) is 28.5. The molecule has 39 heavy (non-hydrogen) atoms. The molecule has 0 spiro atoms. The van der Waals surface area contributed by atoms with Crippen LogP contribution in [0.2, 0.25) is 0 Å². The Labute approximate surface area is 227 Å². The molecule has 0 bridgehead atoms. The number of ether oxygens (including phenoxy) is 3. The number of rotatable bonds is 11. The third kappa shape index (κ3) is 7.60. The molecule has 0 saturated carbocycles. The Bertz CT molecular complexity index is 1340. The summed E-state index contributed by atoms with van der Waals surface area (Å²) >= 11 is 0. The third-order valence-electron chi connectivity index (χ3n) is 5.98. The Balaban J connectivity index is 2.27. The molecule has 2 heterocycles. The maximum Gasteiger partial charge on any atom is 0.354 e. The molecule has 2 aromatic rings. The number of oxime groups is 1. The van der Waals surface area contributed by atoms with E-state index in [1.165, 1.54) is 47.3 Å². The van der Waals surface area contributed by atoms with E-state index in [1.807, 2.05) is 32.9 Å². The first kappa shape index (κ1) is 29.7. The number of halogens is 1. The minimum atomic E-state index is -0.642. The van der Waals surface area contributed by atoms with Crippen molar-refractivity contribution in [3.63, 3.8) is 0 Å². The van der Waals surface area contributed by atoms with Crippen LogP contribution in [-0.4, -0.2) is 61.1 Å². The topological polar surface area (TPSA) is 96.5 Å². The van der Waals surface area contributed by atoms with Gasteiger partial charge in [0.1, 0.15) is 29.5 Å².